The lowest BCUT2D eigenvalue weighted by Gasteiger charge is -2.29. The zero-order valence-corrected chi connectivity index (χ0v) is 37.0. The van der Waals surface area contributed by atoms with Crippen LogP contribution in [0, 0.1) is 0 Å². The maximum atomic E-state index is 2.42. The summed E-state index contributed by atoms with van der Waals surface area (Å²) >= 11 is 1.86. The van der Waals surface area contributed by atoms with E-state index in [9.17, 15) is 0 Å². The largest absolute Gasteiger partial charge is 0.310 e. The number of hydrogen-bond acceptors (Lipinski definition) is 2. The highest BCUT2D eigenvalue weighted by Gasteiger charge is 2.21. The van der Waals surface area contributed by atoms with E-state index in [1.54, 1.807) is 0 Å². The first-order valence-corrected chi connectivity index (χ1v) is 23.4. The molecule has 0 aliphatic carbocycles. The molecule has 310 valence electrons. The summed E-state index contributed by atoms with van der Waals surface area (Å²) in [6, 6.07) is 95.1. The highest BCUT2D eigenvalue weighted by Crippen LogP contribution is 2.46. The van der Waals surface area contributed by atoms with Crippen LogP contribution < -0.4 is 4.90 Å². The number of thiophene rings is 1. The van der Waals surface area contributed by atoms with E-state index in [4.69, 9.17) is 0 Å². The Kier molecular flexibility index (Phi) is 10.1. The van der Waals surface area contributed by atoms with Crippen LogP contribution in [0.3, 0.4) is 0 Å². The van der Waals surface area contributed by atoms with Crippen LogP contribution in [0.25, 0.3) is 97.7 Å². The molecule has 0 unspecified atom stereocenters. The van der Waals surface area contributed by atoms with Crippen LogP contribution in [0.1, 0.15) is 0 Å². The number of fused-ring (bicyclic) bond motifs is 4. The minimum absolute atomic E-state index is 1.08. The van der Waals surface area contributed by atoms with Crippen LogP contribution in [0.2, 0.25) is 0 Å². The molecule has 1 heterocycles. The van der Waals surface area contributed by atoms with Crippen LogP contribution in [0.4, 0.5) is 17.1 Å². The first-order valence-electron chi connectivity index (χ1n) is 22.6. The number of para-hydroxylation sites is 1. The van der Waals surface area contributed by atoms with E-state index in [1.165, 1.54) is 92.1 Å². The van der Waals surface area contributed by atoms with E-state index in [-0.39, 0.29) is 0 Å². The van der Waals surface area contributed by atoms with Crippen LogP contribution in [-0.4, -0.2) is 0 Å². The molecule has 12 aromatic rings. The van der Waals surface area contributed by atoms with E-state index >= 15 is 0 Å². The Hall–Kier alpha value is -8.30. The summed E-state index contributed by atoms with van der Waals surface area (Å²) in [4.78, 5) is 2.42. The van der Waals surface area contributed by atoms with E-state index < -0.39 is 0 Å². The third-order valence-corrected chi connectivity index (χ3v) is 14.1. The van der Waals surface area contributed by atoms with Gasteiger partial charge in [0.05, 0.1) is 5.69 Å². The molecule has 1 nitrogen and oxygen atoms in total. The van der Waals surface area contributed by atoms with Gasteiger partial charge in [0.1, 0.15) is 0 Å². The predicted molar refractivity (Wildman–Crippen MR) is 284 cm³/mol. The second-order valence-electron chi connectivity index (χ2n) is 16.8. The lowest BCUT2D eigenvalue weighted by atomic mass is 9.88. The van der Waals surface area contributed by atoms with Crippen molar-refractivity contribution in [3.05, 3.63) is 261 Å². The van der Waals surface area contributed by atoms with Gasteiger partial charge in [-0.05, 0) is 121 Å². The summed E-state index contributed by atoms with van der Waals surface area (Å²) in [6.45, 7) is 0. The second-order valence-corrected chi connectivity index (χ2v) is 17.9. The van der Waals surface area contributed by atoms with Gasteiger partial charge in [0.25, 0.3) is 0 Å². The van der Waals surface area contributed by atoms with Crippen LogP contribution in [0.15, 0.2) is 261 Å². The van der Waals surface area contributed by atoms with E-state index in [2.05, 4.69) is 266 Å². The molecule has 66 heavy (non-hydrogen) atoms. The normalized spacial score (nSPS) is 11.3. The van der Waals surface area contributed by atoms with Crippen molar-refractivity contribution in [1.82, 2.24) is 0 Å². The second kappa shape index (κ2) is 17.0. The molecule has 0 aliphatic rings. The summed E-state index contributed by atoms with van der Waals surface area (Å²) in [7, 11) is 0. The van der Waals surface area contributed by atoms with E-state index in [0.29, 0.717) is 0 Å². The highest BCUT2D eigenvalue weighted by atomic mass is 32.1. The Morgan fingerprint density at radius 1 is 0.258 bits per heavy atom. The molecule has 0 atom stereocenters. The fourth-order valence-electron chi connectivity index (χ4n) is 9.70. The average molecular weight is 858 g/mol. The molecule has 11 aromatic carbocycles. The SMILES string of the molecule is c1ccc(-c2ccccc2-c2ccccc2-c2ccccc2N(c2ccc(-c3ccc(-c4ccc5ccccc5c4)cc3)cc2)c2ccc(-c3cccc4sc5ccccc5c34)cc2)cc1. The minimum atomic E-state index is 1.08. The Bertz CT molecular complexity index is 3680. The van der Waals surface area contributed by atoms with Crippen molar-refractivity contribution in [3.63, 3.8) is 0 Å². The van der Waals surface area contributed by atoms with Crippen molar-refractivity contribution in [1.29, 1.82) is 0 Å². The van der Waals surface area contributed by atoms with Gasteiger partial charge in [-0.15, -0.1) is 11.3 Å². The molecule has 0 spiro atoms. The van der Waals surface area contributed by atoms with Gasteiger partial charge in [-0.3, -0.25) is 0 Å². The minimum Gasteiger partial charge on any atom is -0.310 e. The molecule has 0 amide bonds. The van der Waals surface area contributed by atoms with Gasteiger partial charge in [-0.25, -0.2) is 0 Å². The molecule has 0 saturated carbocycles. The summed E-state index contributed by atoms with van der Waals surface area (Å²) in [6.07, 6.45) is 0. The van der Waals surface area contributed by atoms with Crippen molar-refractivity contribution < 1.29 is 0 Å². The van der Waals surface area contributed by atoms with E-state index in [0.717, 1.165) is 22.6 Å². The molecule has 12 rings (SSSR count). The third kappa shape index (κ3) is 7.24. The van der Waals surface area contributed by atoms with Gasteiger partial charge in [-0.1, -0.05) is 212 Å². The number of anilines is 3. The van der Waals surface area contributed by atoms with Gasteiger partial charge in [0.2, 0.25) is 0 Å². The maximum Gasteiger partial charge on any atom is 0.0540 e. The average Bonchev–Trinajstić information content (AvgIpc) is 3.79. The van der Waals surface area contributed by atoms with E-state index in [1.807, 2.05) is 11.3 Å². The zero-order chi connectivity index (χ0) is 43.8. The number of rotatable bonds is 9. The molecule has 1 aromatic heterocycles. The van der Waals surface area contributed by atoms with Crippen LogP contribution in [-0.2, 0) is 0 Å². The quantitative estimate of drug-likeness (QED) is 0.140. The van der Waals surface area contributed by atoms with Gasteiger partial charge in [0.15, 0.2) is 0 Å². The topological polar surface area (TPSA) is 3.24 Å². The molecular formula is C64H43NS. The Labute approximate surface area is 389 Å². The number of nitrogens with zero attached hydrogens (tertiary/aromatic N) is 1. The number of benzene rings is 11. The summed E-state index contributed by atoms with van der Waals surface area (Å²) in [5.74, 6) is 0. The zero-order valence-electron chi connectivity index (χ0n) is 36.2. The Balaban J connectivity index is 0.964. The molecule has 0 fully saturated rings. The van der Waals surface area contributed by atoms with Crippen LogP contribution >= 0.6 is 11.3 Å². The molecule has 0 radical (unpaired) electrons. The fourth-order valence-corrected chi connectivity index (χ4v) is 10.8. The molecule has 0 N–H and O–H groups in total. The van der Waals surface area contributed by atoms with Gasteiger partial charge < -0.3 is 4.90 Å². The lowest BCUT2D eigenvalue weighted by Crippen LogP contribution is -2.11. The van der Waals surface area contributed by atoms with Gasteiger partial charge in [-0.2, -0.15) is 0 Å². The highest BCUT2D eigenvalue weighted by molar-refractivity contribution is 7.25. The van der Waals surface area contributed by atoms with Crippen molar-refractivity contribution in [2.75, 3.05) is 4.90 Å². The van der Waals surface area contributed by atoms with Crippen molar-refractivity contribution in [2.45, 2.75) is 0 Å². The van der Waals surface area contributed by atoms with Crippen molar-refractivity contribution in [2.24, 2.45) is 0 Å². The lowest BCUT2D eigenvalue weighted by molar-refractivity contribution is 1.28. The molecule has 2 heteroatoms. The third-order valence-electron chi connectivity index (χ3n) is 12.9. The molecule has 0 aliphatic heterocycles. The van der Waals surface area contributed by atoms with Crippen LogP contribution in [0.5, 0.6) is 0 Å². The first kappa shape index (κ1) is 39.3. The maximum absolute atomic E-state index is 2.42. The van der Waals surface area contributed by atoms with Gasteiger partial charge in [0, 0.05) is 37.1 Å². The fraction of sp³-hybridized carbons (Fsp3) is 0. The molecule has 0 saturated heterocycles. The van der Waals surface area contributed by atoms with Crippen molar-refractivity contribution in [3.8, 4) is 66.8 Å². The smallest absolute Gasteiger partial charge is 0.0540 e. The predicted octanol–water partition coefficient (Wildman–Crippen LogP) is 18.7. The monoisotopic (exact) mass is 857 g/mol. The summed E-state index contributed by atoms with van der Waals surface area (Å²) in [5.41, 5.74) is 17.7. The molecule has 0 bridgehead atoms. The molecular weight excluding hydrogens is 815 g/mol. The van der Waals surface area contributed by atoms with Gasteiger partial charge >= 0.3 is 0 Å². The number of hydrogen-bond donors (Lipinski definition) is 0. The standard InChI is InChI=1S/C64H43NS/c1-2-16-48(17-3-1)54-19-6-7-20-56(54)57-21-8-9-22-58(57)59-23-10-12-26-61(59)65(53-41-37-49(38-42-53)55-25-14-28-63-64(55)60-24-11-13-27-62(60)66-63)52-39-35-46(36-40-52)45-29-31-47(32-30-45)51-34-33-44-15-4-5-18-50(44)43-51/h1-43H. The first-order chi connectivity index (χ1) is 32.7. The summed E-state index contributed by atoms with van der Waals surface area (Å²) < 4.78 is 2.62. The Morgan fingerprint density at radius 2 is 0.712 bits per heavy atom. The Morgan fingerprint density at radius 3 is 1.42 bits per heavy atom. The summed E-state index contributed by atoms with van der Waals surface area (Å²) in [5, 5.41) is 5.14. The van der Waals surface area contributed by atoms with Crippen molar-refractivity contribution >= 4 is 59.3 Å².